The smallest absolute Gasteiger partial charge is 0.141 e. The fraction of sp³-hybridized carbons (Fsp3) is 0.0200. The van der Waals surface area contributed by atoms with Crippen LogP contribution in [0.4, 0.5) is 0 Å². The molecule has 0 unspecified atom stereocenters. The lowest BCUT2D eigenvalue weighted by Crippen LogP contribution is -2.09. The normalized spacial score (nSPS) is 12.4. The highest BCUT2D eigenvalue weighted by Crippen LogP contribution is 2.44. The second-order valence-corrected chi connectivity index (χ2v) is 14.4. The second kappa shape index (κ2) is 11.2. The molecule has 0 saturated heterocycles. The van der Waals surface area contributed by atoms with Crippen molar-refractivity contribution in [1.29, 1.82) is 0 Å². The third-order valence-corrected chi connectivity index (χ3v) is 11.4. The maximum atomic E-state index is 5.48. The average Bonchev–Trinajstić information content (AvgIpc) is 3.89. The SMILES string of the molecule is c1ccc(-n2c3ccccc3c3cc(-c4cc5c6c(c4)nc(-c4ccc7c(c4)c4ccccc4n7-c4ccccc4)n6Cc4ccccc4-5)ccc32)cc1. The zero-order valence-corrected chi connectivity index (χ0v) is 29.3. The quantitative estimate of drug-likeness (QED) is 0.181. The average molecular weight is 689 g/mol. The van der Waals surface area contributed by atoms with E-state index in [0.717, 1.165) is 29.1 Å². The Morgan fingerprint density at radius 2 is 0.926 bits per heavy atom. The molecule has 0 fully saturated rings. The lowest BCUT2D eigenvalue weighted by atomic mass is 9.92. The van der Waals surface area contributed by atoms with Crippen molar-refractivity contribution >= 4 is 54.6 Å². The molecule has 252 valence electrons. The Hall–Kier alpha value is -7.17. The van der Waals surface area contributed by atoms with Crippen LogP contribution in [0.1, 0.15) is 5.56 Å². The Morgan fingerprint density at radius 3 is 1.59 bits per heavy atom. The van der Waals surface area contributed by atoms with Gasteiger partial charge in [0.25, 0.3) is 0 Å². The highest BCUT2D eigenvalue weighted by molar-refractivity contribution is 6.12. The number of imidazole rings is 1. The Balaban J connectivity index is 1.07. The van der Waals surface area contributed by atoms with Crippen LogP contribution < -0.4 is 0 Å². The fourth-order valence-corrected chi connectivity index (χ4v) is 9.08. The van der Waals surface area contributed by atoms with Crippen LogP contribution in [0.3, 0.4) is 0 Å². The molecular formula is C50H32N4. The van der Waals surface area contributed by atoms with Crippen LogP contribution in [0.15, 0.2) is 182 Å². The molecule has 0 aliphatic carbocycles. The van der Waals surface area contributed by atoms with Crippen molar-refractivity contribution in [2.45, 2.75) is 6.54 Å². The molecule has 12 rings (SSSR count). The molecule has 1 aliphatic rings. The molecule has 0 radical (unpaired) electrons. The van der Waals surface area contributed by atoms with Gasteiger partial charge in [-0.1, -0.05) is 103 Å². The van der Waals surface area contributed by atoms with Gasteiger partial charge in [0.05, 0.1) is 39.6 Å². The third kappa shape index (κ3) is 4.16. The third-order valence-electron chi connectivity index (χ3n) is 11.4. The number of aromatic nitrogens is 4. The van der Waals surface area contributed by atoms with Gasteiger partial charge in [0.15, 0.2) is 0 Å². The summed E-state index contributed by atoms with van der Waals surface area (Å²) in [7, 11) is 0. The molecule has 0 bridgehead atoms. The molecule has 4 heterocycles. The summed E-state index contributed by atoms with van der Waals surface area (Å²) in [6, 6.07) is 66.1. The van der Waals surface area contributed by atoms with Gasteiger partial charge >= 0.3 is 0 Å². The van der Waals surface area contributed by atoms with Crippen molar-refractivity contribution in [3.63, 3.8) is 0 Å². The van der Waals surface area contributed by atoms with Crippen molar-refractivity contribution < 1.29 is 0 Å². The number of fused-ring (bicyclic) bond motifs is 8. The van der Waals surface area contributed by atoms with E-state index in [9.17, 15) is 0 Å². The van der Waals surface area contributed by atoms with Crippen molar-refractivity contribution in [2.75, 3.05) is 0 Å². The standard InChI is InChI=1S/C50H32N4/c1-3-14-36(15-4-1)53-45-21-11-9-19-39(45)41-27-32(23-25-47(41)53)35-29-43-38-18-8-7-13-34(38)31-52-49(43)44(30-35)51-50(52)33-24-26-48-42(28-33)40-20-10-12-22-46(40)54(48)37-16-5-2-6-17-37/h1-30H,31H2. The van der Waals surface area contributed by atoms with Crippen molar-refractivity contribution in [3.05, 3.63) is 188 Å². The molecule has 0 N–H and O–H groups in total. The number of hydrogen-bond donors (Lipinski definition) is 0. The number of nitrogens with zero attached hydrogens (tertiary/aromatic N) is 4. The molecule has 4 nitrogen and oxygen atoms in total. The number of para-hydroxylation sites is 4. The summed E-state index contributed by atoms with van der Waals surface area (Å²) in [4.78, 5) is 5.48. The van der Waals surface area contributed by atoms with Crippen molar-refractivity contribution in [3.8, 4) is 45.0 Å². The number of benzene rings is 8. The van der Waals surface area contributed by atoms with E-state index in [0.29, 0.717) is 0 Å². The topological polar surface area (TPSA) is 27.7 Å². The maximum absolute atomic E-state index is 5.48. The number of hydrogen-bond acceptors (Lipinski definition) is 1. The highest BCUT2D eigenvalue weighted by atomic mass is 15.1. The molecule has 0 saturated carbocycles. The van der Waals surface area contributed by atoms with Crippen molar-refractivity contribution in [2.24, 2.45) is 0 Å². The minimum atomic E-state index is 0.781. The Labute approximate surface area is 311 Å². The van der Waals surface area contributed by atoms with Gasteiger partial charge in [0.2, 0.25) is 0 Å². The van der Waals surface area contributed by atoms with E-state index in [2.05, 4.69) is 196 Å². The van der Waals surface area contributed by atoms with Crippen LogP contribution in [-0.2, 0) is 6.54 Å². The van der Waals surface area contributed by atoms with Gasteiger partial charge in [-0.15, -0.1) is 0 Å². The Kier molecular flexibility index (Phi) is 6.08. The molecule has 0 amide bonds. The maximum Gasteiger partial charge on any atom is 0.141 e. The van der Waals surface area contributed by atoms with Crippen LogP contribution >= 0.6 is 0 Å². The predicted molar refractivity (Wildman–Crippen MR) is 224 cm³/mol. The van der Waals surface area contributed by atoms with E-state index >= 15 is 0 Å². The van der Waals surface area contributed by atoms with Crippen LogP contribution in [0.5, 0.6) is 0 Å². The molecule has 3 aromatic heterocycles. The first kappa shape index (κ1) is 29.4. The highest BCUT2D eigenvalue weighted by Gasteiger charge is 2.25. The molecule has 1 aliphatic heterocycles. The molecule has 11 aromatic rings. The lowest BCUT2D eigenvalue weighted by Gasteiger charge is -2.21. The molecule has 54 heavy (non-hydrogen) atoms. The van der Waals surface area contributed by atoms with E-state index in [1.54, 1.807) is 0 Å². The van der Waals surface area contributed by atoms with Gasteiger partial charge in [-0.25, -0.2) is 4.98 Å². The van der Waals surface area contributed by atoms with Gasteiger partial charge in [0, 0.05) is 44.0 Å². The predicted octanol–water partition coefficient (Wildman–Crippen LogP) is 12.6. The van der Waals surface area contributed by atoms with Crippen LogP contribution in [0.25, 0.3) is 99.7 Å². The Bertz CT molecular complexity index is 3290. The summed E-state index contributed by atoms with van der Waals surface area (Å²) in [5.41, 5.74) is 16.7. The summed E-state index contributed by atoms with van der Waals surface area (Å²) in [6.07, 6.45) is 0. The van der Waals surface area contributed by atoms with Gasteiger partial charge < -0.3 is 13.7 Å². The van der Waals surface area contributed by atoms with Crippen LogP contribution in [0, 0.1) is 0 Å². The van der Waals surface area contributed by atoms with Gasteiger partial charge in [-0.05, 0) is 101 Å². The first-order chi connectivity index (χ1) is 26.8. The summed E-state index contributed by atoms with van der Waals surface area (Å²) < 4.78 is 7.18. The lowest BCUT2D eigenvalue weighted by molar-refractivity contribution is 0.827. The summed E-state index contributed by atoms with van der Waals surface area (Å²) in [6.45, 7) is 0.781. The second-order valence-electron chi connectivity index (χ2n) is 14.4. The zero-order chi connectivity index (χ0) is 35.3. The van der Waals surface area contributed by atoms with Crippen LogP contribution in [0.2, 0.25) is 0 Å². The summed E-state index contributed by atoms with van der Waals surface area (Å²) in [5, 5.41) is 4.97. The molecule has 0 atom stereocenters. The summed E-state index contributed by atoms with van der Waals surface area (Å²) in [5.74, 6) is 0.998. The van der Waals surface area contributed by atoms with Gasteiger partial charge in [-0.3, -0.25) is 0 Å². The van der Waals surface area contributed by atoms with E-state index in [1.807, 2.05) is 0 Å². The van der Waals surface area contributed by atoms with Crippen molar-refractivity contribution in [1.82, 2.24) is 18.7 Å². The first-order valence-electron chi connectivity index (χ1n) is 18.6. The van der Waals surface area contributed by atoms with E-state index in [4.69, 9.17) is 4.98 Å². The molecule has 8 aromatic carbocycles. The van der Waals surface area contributed by atoms with E-state index in [1.165, 1.54) is 82.6 Å². The molecular weight excluding hydrogens is 657 g/mol. The monoisotopic (exact) mass is 688 g/mol. The van der Waals surface area contributed by atoms with Gasteiger partial charge in [-0.2, -0.15) is 0 Å². The zero-order valence-electron chi connectivity index (χ0n) is 29.3. The largest absolute Gasteiger partial charge is 0.319 e. The number of rotatable bonds is 4. The van der Waals surface area contributed by atoms with E-state index < -0.39 is 0 Å². The molecule has 0 spiro atoms. The van der Waals surface area contributed by atoms with Gasteiger partial charge in [0.1, 0.15) is 5.82 Å². The van der Waals surface area contributed by atoms with E-state index in [-0.39, 0.29) is 0 Å². The first-order valence-corrected chi connectivity index (χ1v) is 18.6. The fourth-order valence-electron chi connectivity index (χ4n) is 9.08. The minimum Gasteiger partial charge on any atom is -0.319 e. The molecule has 4 heteroatoms. The Morgan fingerprint density at radius 1 is 0.389 bits per heavy atom. The van der Waals surface area contributed by atoms with Crippen LogP contribution in [-0.4, -0.2) is 18.7 Å². The minimum absolute atomic E-state index is 0.781. The summed E-state index contributed by atoms with van der Waals surface area (Å²) >= 11 is 0.